The number of likely N-dealkylation sites (N-methyl/N-ethyl adjacent to an activating group) is 1. The Kier molecular flexibility index (Phi) is 5.47. The lowest BCUT2D eigenvalue weighted by atomic mass is 9.99. The van der Waals surface area contributed by atoms with E-state index in [0.29, 0.717) is 23.0 Å². The van der Waals surface area contributed by atoms with E-state index < -0.39 is 0 Å². The van der Waals surface area contributed by atoms with Crippen molar-refractivity contribution in [1.82, 2.24) is 10.3 Å². The summed E-state index contributed by atoms with van der Waals surface area (Å²) in [6.07, 6.45) is 0.565. The van der Waals surface area contributed by atoms with Gasteiger partial charge in [0.1, 0.15) is 5.82 Å². The number of nitrogens with two attached hydrogens (primary N) is 1. The molecule has 1 aliphatic rings. The van der Waals surface area contributed by atoms with Crippen LogP contribution in [0.5, 0.6) is 0 Å². The number of hydrazine groups is 1. The van der Waals surface area contributed by atoms with Gasteiger partial charge in [0, 0.05) is 35.2 Å². The third-order valence-corrected chi connectivity index (χ3v) is 4.86. The van der Waals surface area contributed by atoms with Crippen LogP contribution >= 0.6 is 23.4 Å². The second-order valence-corrected chi connectivity index (χ2v) is 6.42. The van der Waals surface area contributed by atoms with Crippen molar-refractivity contribution in [3.8, 4) is 0 Å². The maximum absolute atomic E-state index is 13.8. The van der Waals surface area contributed by atoms with Crippen LogP contribution in [0.1, 0.15) is 5.56 Å². The smallest absolute Gasteiger partial charge is 0.127 e. The predicted molar refractivity (Wildman–Crippen MR) is 80.0 cm³/mol. The third-order valence-electron chi connectivity index (χ3n) is 3.58. The SMILES string of the molecule is CN1CCSCC1C(Cc1ccc(Cl)cc1F)NN. The van der Waals surface area contributed by atoms with Gasteiger partial charge in [0.15, 0.2) is 0 Å². The van der Waals surface area contributed by atoms with Gasteiger partial charge in [0.05, 0.1) is 0 Å². The van der Waals surface area contributed by atoms with Gasteiger partial charge in [-0.1, -0.05) is 17.7 Å². The lowest BCUT2D eigenvalue weighted by Crippen LogP contribution is -2.55. The standard InChI is InChI=1S/C13H19ClFN3S/c1-18-4-5-19-8-13(18)12(17-16)6-9-2-3-10(14)7-11(9)15/h2-3,7,12-13,17H,4-6,8,16H2,1H3. The molecule has 19 heavy (non-hydrogen) atoms. The van der Waals surface area contributed by atoms with E-state index in [2.05, 4.69) is 17.4 Å². The molecule has 106 valence electrons. The minimum absolute atomic E-state index is 0.0356. The van der Waals surface area contributed by atoms with Gasteiger partial charge in [0.2, 0.25) is 0 Å². The van der Waals surface area contributed by atoms with Crippen molar-refractivity contribution in [2.24, 2.45) is 5.84 Å². The molecule has 0 spiro atoms. The largest absolute Gasteiger partial charge is 0.300 e. The van der Waals surface area contributed by atoms with Crippen LogP contribution in [0.15, 0.2) is 18.2 Å². The quantitative estimate of drug-likeness (QED) is 0.658. The van der Waals surface area contributed by atoms with Crippen molar-refractivity contribution in [1.29, 1.82) is 0 Å². The molecule has 2 unspecified atom stereocenters. The lowest BCUT2D eigenvalue weighted by molar-refractivity contribution is 0.213. The molecule has 1 saturated heterocycles. The third kappa shape index (κ3) is 3.83. The van der Waals surface area contributed by atoms with Crippen molar-refractivity contribution in [3.05, 3.63) is 34.6 Å². The Morgan fingerprint density at radius 2 is 2.42 bits per heavy atom. The van der Waals surface area contributed by atoms with Gasteiger partial charge in [-0.3, -0.25) is 11.3 Å². The van der Waals surface area contributed by atoms with Crippen molar-refractivity contribution in [3.63, 3.8) is 0 Å². The summed E-state index contributed by atoms with van der Waals surface area (Å²) in [4.78, 5) is 2.29. The Bertz CT molecular complexity index is 432. The fourth-order valence-corrected chi connectivity index (χ4v) is 3.83. The first-order chi connectivity index (χ1) is 9.11. The summed E-state index contributed by atoms with van der Waals surface area (Å²) in [5, 5.41) is 0.420. The first-order valence-corrected chi connectivity index (χ1v) is 7.83. The summed E-state index contributed by atoms with van der Waals surface area (Å²) >= 11 is 7.68. The fraction of sp³-hybridized carbons (Fsp3) is 0.538. The lowest BCUT2D eigenvalue weighted by Gasteiger charge is -2.37. The molecule has 0 aromatic heterocycles. The zero-order chi connectivity index (χ0) is 13.8. The van der Waals surface area contributed by atoms with Gasteiger partial charge < -0.3 is 4.90 Å². The molecule has 6 heteroatoms. The Labute approximate surface area is 122 Å². The van der Waals surface area contributed by atoms with Crippen molar-refractivity contribution < 1.29 is 4.39 Å². The van der Waals surface area contributed by atoms with Crippen LogP contribution in [-0.4, -0.2) is 42.1 Å². The number of halogens is 2. The van der Waals surface area contributed by atoms with E-state index in [1.807, 2.05) is 11.8 Å². The number of nitrogens with zero attached hydrogens (tertiary/aromatic N) is 1. The van der Waals surface area contributed by atoms with Crippen LogP contribution in [0.2, 0.25) is 5.02 Å². The van der Waals surface area contributed by atoms with Crippen molar-refractivity contribution >= 4 is 23.4 Å². The number of benzene rings is 1. The second kappa shape index (κ2) is 6.90. The number of rotatable bonds is 4. The summed E-state index contributed by atoms with van der Waals surface area (Å²) in [6.45, 7) is 1.04. The fourth-order valence-electron chi connectivity index (χ4n) is 2.36. The van der Waals surface area contributed by atoms with Crippen LogP contribution in [0.25, 0.3) is 0 Å². The molecule has 0 radical (unpaired) electrons. The monoisotopic (exact) mass is 303 g/mol. The molecule has 2 atom stereocenters. The molecule has 1 aliphatic heterocycles. The number of hydrogen-bond acceptors (Lipinski definition) is 4. The van der Waals surface area contributed by atoms with Crippen LogP contribution in [0.4, 0.5) is 4.39 Å². The van der Waals surface area contributed by atoms with Gasteiger partial charge >= 0.3 is 0 Å². The first kappa shape index (κ1) is 15.1. The highest BCUT2D eigenvalue weighted by molar-refractivity contribution is 7.99. The molecule has 1 fully saturated rings. The first-order valence-electron chi connectivity index (χ1n) is 6.30. The molecule has 0 saturated carbocycles. The molecular weight excluding hydrogens is 285 g/mol. The normalized spacial score (nSPS) is 22.4. The van der Waals surface area contributed by atoms with E-state index in [1.165, 1.54) is 6.07 Å². The minimum atomic E-state index is -0.265. The molecule has 0 aliphatic carbocycles. The number of thioether (sulfide) groups is 1. The van der Waals surface area contributed by atoms with Gasteiger partial charge in [-0.2, -0.15) is 11.8 Å². The number of nitrogens with one attached hydrogen (secondary N) is 1. The second-order valence-electron chi connectivity index (χ2n) is 4.84. The molecule has 3 nitrogen and oxygen atoms in total. The maximum Gasteiger partial charge on any atom is 0.127 e. The highest BCUT2D eigenvalue weighted by Gasteiger charge is 2.28. The van der Waals surface area contributed by atoms with E-state index in [9.17, 15) is 4.39 Å². The number of hydrogen-bond donors (Lipinski definition) is 2. The van der Waals surface area contributed by atoms with E-state index >= 15 is 0 Å². The molecule has 1 heterocycles. The van der Waals surface area contributed by atoms with E-state index in [4.69, 9.17) is 17.4 Å². The van der Waals surface area contributed by atoms with Crippen LogP contribution in [0.3, 0.4) is 0 Å². The van der Waals surface area contributed by atoms with Crippen LogP contribution < -0.4 is 11.3 Å². The van der Waals surface area contributed by atoms with E-state index in [-0.39, 0.29) is 11.9 Å². The summed E-state index contributed by atoms with van der Waals surface area (Å²) in [6, 6.07) is 5.15. The highest BCUT2D eigenvalue weighted by atomic mass is 35.5. The maximum atomic E-state index is 13.8. The van der Waals surface area contributed by atoms with Gasteiger partial charge in [0.25, 0.3) is 0 Å². The molecule has 2 rings (SSSR count). The Balaban J connectivity index is 2.09. The van der Waals surface area contributed by atoms with Crippen LogP contribution in [-0.2, 0) is 6.42 Å². The zero-order valence-electron chi connectivity index (χ0n) is 10.9. The van der Waals surface area contributed by atoms with E-state index in [1.54, 1.807) is 12.1 Å². The summed E-state index contributed by atoms with van der Waals surface area (Å²) < 4.78 is 13.8. The molecule has 1 aromatic rings. The summed E-state index contributed by atoms with van der Waals surface area (Å²) in [5.41, 5.74) is 3.49. The van der Waals surface area contributed by atoms with Crippen molar-refractivity contribution in [2.45, 2.75) is 18.5 Å². The molecule has 1 aromatic carbocycles. The van der Waals surface area contributed by atoms with Gasteiger partial charge in [-0.25, -0.2) is 4.39 Å². The Hall–Kier alpha value is -0.330. The molecule has 0 bridgehead atoms. The molecule has 3 N–H and O–H groups in total. The predicted octanol–water partition coefficient (Wildman–Crippen LogP) is 1.90. The van der Waals surface area contributed by atoms with Gasteiger partial charge in [-0.05, 0) is 31.2 Å². The topological polar surface area (TPSA) is 41.3 Å². The molecular formula is C13H19ClFN3S. The minimum Gasteiger partial charge on any atom is -0.300 e. The highest BCUT2D eigenvalue weighted by Crippen LogP contribution is 2.21. The molecule has 0 amide bonds. The van der Waals surface area contributed by atoms with Crippen LogP contribution in [0, 0.1) is 5.82 Å². The van der Waals surface area contributed by atoms with Crippen molar-refractivity contribution in [2.75, 3.05) is 25.1 Å². The van der Waals surface area contributed by atoms with E-state index in [0.717, 1.165) is 18.1 Å². The average Bonchev–Trinajstić information content (AvgIpc) is 2.39. The Morgan fingerprint density at radius 3 is 3.05 bits per heavy atom. The van der Waals surface area contributed by atoms with Gasteiger partial charge in [-0.15, -0.1) is 0 Å². The zero-order valence-corrected chi connectivity index (χ0v) is 12.5. The Morgan fingerprint density at radius 1 is 1.63 bits per heavy atom. The average molecular weight is 304 g/mol. The summed E-state index contributed by atoms with van der Waals surface area (Å²) in [5.74, 6) is 7.55. The summed E-state index contributed by atoms with van der Waals surface area (Å²) in [7, 11) is 2.09.